The molecule has 7 heteroatoms. The van der Waals surface area contributed by atoms with E-state index in [1.807, 2.05) is 18.6 Å². The Hall–Kier alpha value is -2.57. The Balaban J connectivity index is 1.51. The lowest BCUT2D eigenvalue weighted by atomic mass is 9.86. The summed E-state index contributed by atoms with van der Waals surface area (Å²) in [5.74, 6) is 2.66. The second-order valence-electron chi connectivity index (χ2n) is 7.68. The minimum Gasteiger partial charge on any atom is -0.345 e. The Morgan fingerprint density at radius 3 is 2.81 bits per heavy atom. The van der Waals surface area contributed by atoms with Crippen LogP contribution >= 0.6 is 0 Å². The lowest BCUT2D eigenvalue weighted by molar-refractivity contribution is 0.215. The molecule has 2 aliphatic rings. The number of H-pyrrole nitrogens is 1. The average Bonchev–Trinajstić information content (AvgIpc) is 3.40. The number of aromatic nitrogens is 4. The maximum absolute atomic E-state index is 8.64. The fourth-order valence-electron chi connectivity index (χ4n) is 4.49. The summed E-state index contributed by atoms with van der Waals surface area (Å²) in [4.78, 5) is 16.9. The van der Waals surface area contributed by atoms with Gasteiger partial charge in [0.1, 0.15) is 5.82 Å². The van der Waals surface area contributed by atoms with E-state index in [1.54, 1.807) is 0 Å². The summed E-state index contributed by atoms with van der Waals surface area (Å²) >= 11 is 0. The van der Waals surface area contributed by atoms with E-state index in [2.05, 4.69) is 37.2 Å². The van der Waals surface area contributed by atoms with Gasteiger partial charge in [-0.15, -0.1) is 0 Å². The quantitative estimate of drug-likeness (QED) is 0.522. The maximum atomic E-state index is 8.64. The molecular formula is C19H25N7. The van der Waals surface area contributed by atoms with Crippen LogP contribution in [0.25, 0.3) is 16.7 Å². The van der Waals surface area contributed by atoms with Gasteiger partial charge in [0.2, 0.25) is 0 Å². The number of nitrogens with one attached hydrogen (secondary N) is 2. The highest BCUT2D eigenvalue weighted by molar-refractivity contribution is 5.78. The number of fused-ring (bicyclic) bond motifs is 3. The van der Waals surface area contributed by atoms with Crippen LogP contribution < -0.4 is 0 Å². The highest BCUT2D eigenvalue weighted by Crippen LogP contribution is 2.33. The molecule has 2 saturated heterocycles. The highest BCUT2D eigenvalue weighted by Gasteiger charge is 2.33. The summed E-state index contributed by atoms with van der Waals surface area (Å²) in [5, 5.41) is 8.64. The van der Waals surface area contributed by atoms with Crippen LogP contribution in [-0.4, -0.2) is 61.3 Å². The van der Waals surface area contributed by atoms with E-state index in [4.69, 9.17) is 10.4 Å². The van der Waals surface area contributed by atoms with Crippen molar-refractivity contribution in [2.45, 2.75) is 32.1 Å². The minimum atomic E-state index is 0.315. The van der Waals surface area contributed by atoms with Crippen molar-refractivity contribution in [2.24, 2.45) is 5.92 Å². The van der Waals surface area contributed by atoms with Gasteiger partial charge in [-0.2, -0.15) is 0 Å². The van der Waals surface area contributed by atoms with E-state index in [9.17, 15) is 0 Å². The van der Waals surface area contributed by atoms with Crippen molar-refractivity contribution in [3.05, 3.63) is 30.5 Å². The van der Waals surface area contributed by atoms with Gasteiger partial charge in [-0.3, -0.25) is 9.81 Å². The Kier molecular flexibility index (Phi) is 3.62. The van der Waals surface area contributed by atoms with Crippen LogP contribution in [0.2, 0.25) is 0 Å². The zero-order valence-corrected chi connectivity index (χ0v) is 15.1. The summed E-state index contributed by atoms with van der Waals surface area (Å²) in [6.45, 7) is 6.20. The first kappa shape index (κ1) is 15.7. The predicted molar refractivity (Wildman–Crippen MR) is 101 cm³/mol. The van der Waals surface area contributed by atoms with Gasteiger partial charge in [0.15, 0.2) is 11.6 Å². The summed E-state index contributed by atoms with van der Waals surface area (Å²) < 4.78 is 2.24. The number of imidazole rings is 1. The molecule has 0 amide bonds. The van der Waals surface area contributed by atoms with E-state index in [0.717, 1.165) is 55.1 Å². The number of guanidine groups is 1. The number of hydrogen-bond donors (Lipinski definition) is 2. The first-order valence-electron chi connectivity index (χ1n) is 9.60. The Morgan fingerprint density at radius 2 is 1.96 bits per heavy atom. The van der Waals surface area contributed by atoms with Crippen molar-refractivity contribution in [3.63, 3.8) is 0 Å². The zero-order chi connectivity index (χ0) is 17.7. The molecule has 2 N–H and O–H groups in total. The maximum Gasteiger partial charge on any atom is 0.193 e. The molecule has 5 heterocycles. The van der Waals surface area contributed by atoms with Crippen LogP contribution in [0, 0.1) is 11.3 Å². The molecule has 0 saturated carbocycles. The van der Waals surface area contributed by atoms with Gasteiger partial charge in [0.25, 0.3) is 0 Å². The van der Waals surface area contributed by atoms with Crippen molar-refractivity contribution in [1.82, 2.24) is 29.2 Å². The van der Waals surface area contributed by atoms with Gasteiger partial charge in [-0.25, -0.2) is 9.97 Å². The molecule has 2 atom stereocenters. The van der Waals surface area contributed by atoms with Crippen molar-refractivity contribution in [2.75, 3.05) is 26.2 Å². The number of nitrogens with zero attached hydrogens (tertiary/aromatic N) is 5. The molecule has 26 heavy (non-hydrogen) atoms. The lowest BCUT2D eigenvalue weighted by Crippen LogP contribution is -2.48. The van der Waals surface area contributed by atoms with E-state index >= 15 is 0 Å². The second kappa shape index (κ2) is 6.00. The number of rotatable bonds is 1. The molecule has 0 aromatic carbocycles. The van der Waals surface area contributed by atoms with Gasteiger partial charge < -0.3 is 14.8 Å². The molecule has 7 nitrogen and oxygen atoms in total. The predicted octanol–water partition coefficient (Wildman–Crippen LogP) is 2.67. The monoisotopic (exact) mass is 351 g/mol. The Bertz CT molecular complexity index is 949. The van der Waals surface area contributed by atoms with Gasteiger partial charge in [-0.1, -0.05) is 6.92 Å². The lowest BCUT2D eigenvalue weighted by Gasteiger charge is -2.40. The normalized spacial score (nSPS) is 24.0. The first-order valence-corrected chi connectivity index (χ1v) is 9.60. The zero-order valence-electron chi connectivity index (χ0n) is 15.1. The molecule has 3 aromatic heterocycles. The van der Waals surface area contributed by atoms with Crippen molar-refractivity contribution in [3.8, 4) is 0 Å². The van der Waals surface area contributed by atoms with E-state index in [0.29, 0.717) is 17.8 Å². The molecular weight excluding hydrogens is 326 g/mol. The van der Waals surface area contributed by atoms with Crippen LogP contribution in [0.5, 0.6) is 0 Å². The Labute approximate surface area is 152 Å². The topological polar surface area (TPSA) is 76.3 Å². The van der Waals surface area contributed by atoms with Gasteiger partial charge in [-0.05, 0) is 31.2 Å². The summed E-state index contributed by atoms with van der Waals surface area (Å²) in [7, 11) is 0. The molecule has 136 valence electrons. The smallest absolute Gasteiger partial charge is 0.193 e. The average molecular weight is 351 g/mol. The highest BCUT2D eigenvalue weighted by atomic mass is 15.4. The van der Waals surface area contributed by atoms with Gasteiger partial charge >= 0.3 is 0 Å². The number of hydrogen-bond acceptors (Lipinski definition) is 3. The molecule has 3 aromatic rings. The standard InChI is InChI=1S/C19H25N7/c1-13-5-9-25(19(20)24-7-2-3-8-24)12-15(13)18-23-11-14-10-22-17-16(26(14)18)4-6-21-17/h4,6,10-11,13,15,20-21H,2-3,5,7-9,12H2,1H3. The second-order valence-corrected chi connectivity index (χ2v) is 7.68. The summed E-state index contributed by atoms with van der Waals surface area (Å²) in [5.41, 5.74) is 3.00. The molecule has 2 fully saturated rings. The third-order valence-electron chi connectivity index (χ3n) is 6.08. The van der Waals surface area contributed by atoms with Crippen molar-refractivity contribution in [1.29, 1.82) is 5.41 Å². The molecule has 2 aliphatic heterocycles. The van der Waals surface area contributed by atoms with Crippen LogP contribution in [-0.2, 0) is 0 Å². The minimum absolute atomic E-state index is 0.315. The van der Waals surface area contributed by atoms with Crippen LogP contribution in [0.15, 0.2) is 24.7 Å². The third kappa shape index (κ3) is 2.37. The molecule has 2 unspecified atom stereocenters. The fourth-order valence-corrected chi connectivity index (χ4v) is 4.49. The third-order valence-corrected chi connectivity index (χ3v) is 6.08. The molecule has 0 radical (unpaired) electrons. The number of piperidine rings is 1. The van der Waals surface area contributed by atoms with Crippen molar-refractivity contribution < 1.29 is 0 Å². The van der Waals surface area contributed by atoms with Gasteiger partial charge in [0.05, 0.1) is 23.4 Å². The Morgan fingerprint density at radius 1 is 1.15 bits per heavy atom. The molecule has 5 rings (SSSR count). The number of aromatic amines is 1. The molecule has 0 aliphatic carbocycles. The van der Waals surface area contributed by atoms with Gasteiger partial charge in [0, 0.05) is 38.3 Å². The van der Waals surface area contributed by atoms with Crippen LogP contribution in [0.1, 0.15) is 37.9 Å². The molecule has 0 spiro atoms. The van der Waals surface area contributed by atoms with Crippen molar-refractivity contribution >= 4 is 22.6 Å². The van der Waals surface area contributed by atoms with Crippen LogP contribution in [0.3, 0.4) is 0 Å². The molecule has 0 bridgehead atoms. The van der Waals surface area contributed by atoms with E-state index < -0.39 is 0 Å². The summed E-state index contributed by atoms with van der Waals surface area (Å²) in [6.07, 6.45) is 9.25. The summed E-state index contributed by atoms with van der Waals surface area (Å²) in [6, 6.07) is 2.07. The van der Waals surface area contributed by atoms with E-state index in [-0.39, 0.29) is 0 Å². The first-order chi connectivity index (χ1) is 12.7. The van der Waals surface area contributed by atoms with Crippen LogP contribution in [0.4, 0.5) is 0 Å². The SMILES string of the molecule is CC1CCN(C(=N)N2CCCC2)CC1c1ncc2cnc3[nH]ccc3n12. The fraction of sp³-hybridized carbons (Fsp3) is 0.526. The number of likely N-dealkylation sites (tertiary alicyclic amines) is 2. The van der Waals surface area contributed by atoms with E-state index in [1.165, 1.54) is 12.8 Å². The largest absolute Gasteiger partial charge is 0.345 e.